The number of piperidine rings is 2. The molecule has 0 radical (unpaired) electrons. The molecule has 13 heteroatoms. The third kappa shape index (κ3) is 7.93. The standard InChI is InChI=1S/C32H39F2N5O5S/c33-26-15-23(39(41)42)1-2-29(26)38-11-5-21(6-12-38)18-37-9-3-22(4-10-37)19-44-24-16-27(34)31-28(17-24)35-30(36-32(31)40)20-45-25-7-13-43-14-8-25/h1-2,15-17,21-22,25H,3-14,18-20H2,(H,35,36,40). The first-order chi connectivity index (χ1) is 21.8. The summed E-state index contributed by atoms with van der Waals surface area (Å²) in [4.78, 5) is 34.7. The Morgan fingerprint density at radius 3 is 2.44 bits per heavy atom. The molecule has 0 atom stereocenters. The highest BCUT2D eigenvalue weighted by atomic mass is 32.2. The molecule has 3 fully saturated rings. The summed E-state index contributed by atoms with van der Waals surface area (Å²) in [5.74, 6) is 1.18. The largest absolute Gasteiger partial charge is 0.493 e. The molecule has 0 saturated carbocycles. The first-order valence-corrected chi connectivity index (χ1v) is 16.8. The Morgan fingerprint density at radius 2 is 1.73 bits per heavy atom. The number of hydrogen-bond acceptors (Lipinski definition) is 9. The first kappa shape index (κ1) is 31.7. The normalized spacial score (nSPS) is 19.3. The number of H-pyrrole nitrogens is 1. The van der Waals surface area contributed by atoms with Crippen LogP contribution in [0.25, 0.3) is 10.9 Å². The predicted molar refractivity (Wildman–Crippen MR) is 170 cm³/mol. The fraction of sp³-hybridized carbons (Fsp3) is 0.562. The van der Waals surface area contributed by atoms with Gasteiger partial charge < -0.3 is 24.3 Å². The summed E-state index contributed by atoms with van der Waals surface area (Å²) in [6, 6.07) is 6.81. The second-order valence-electron chi connectivity index (χ2n) is 12.3. The van der Waals surface area contributed by atoms with E-state index in [9.17, 15) is 23.7 Å². The van der Waals surface area contributed by atoms with Crippen LogP contribution in [0.5, 0.6) is 5.75 Å². The minimum Gasteiger partial charge on any atom is -0.493 e. The summed E-state index contributed by atoms with van der Waals surface area (Å²) < 4.78 is 40.9. The number of halogens is 2. The lowest BCUT2D eigenvalue weighted by Crippen LogP contribution is -2.42. The Labute approximate surface area is 264 Å². The molecule has 3 aliphatic heterocycles. The minimum atomic E-state index is -0.628. The number of ether oxygens (including phenoxy) is 2. The zero-order valence-corrected chi connectivity index (χ0v) is 26.0. The number of benzene rings is 2. The summed E-state index contributed by atoms with van der Waals surface area (Å²) in [6.07, 6.45) is 5.80. The van der Waals surface area contributed by atoms with Crippen molar-refractivity contribution in [1.82, 2.24) is 14.9 Å². The average Bonchev–Trinajstić information content (AvgIpc) is 3.04. The molecule has 4 heterocycles. The van der Waals surface area contributed by atoms with Gasteiger partial charge in [0.2, 0.25) is 0 Å². The molecule has 0 bridgehead atoms. The summed E-state index contributed by atoms with van der Waals surface area (Å²) in [5, 5.41) is 11.3. The zero-order valence-electron chi connectivity index (χ0n) is 25.2. The molecule has 3 aromatic rings. The number of nitrogens with zero attached hydrogens (tertiary/aromatic N) is 4. The van der Waals surface area contributed by atoms with Crippen molar-refractivity contribution in [3.8, 4) is 5.75 Å². The molecule has 0 unspecified atom stereocenters. The molecule has 10 nitrogen and oxygen atoms in total. The number of aromatic nitrogens is 2. The number of aromatic amines is 1. The van der Waals surface area contributed by atoms with Gasteiger partial charge in [-0.25, -0.2) is 13.8 Å². The van der Waals surface area contributed by atoms with Gasteiger partial charge in [-0.05, 0) is 69.5 Å². The van der Waals surface area contributed by atoms with Gasteiger partial charge in [0.15, 0.2) is 5.82 Å². The predicted octanol–water partition coefficient (Wildman–Crippen LogP) is 5.53. The Kier molecular flexibility index (Phi) is 10.2. The van der Waals surface area contributed by atoms with E-state index in [1.165, 1.54) is 18.2 Å². The topological polar surface area (TPSA) is 114 Å². The van der Waals surface area contributed by atoms with E-state index in [0.717, 1.165) is 90.5 Å². The van der Waals surface area contributed by atoms with Crippen LogP contribution in [0, 0.1) is 33.6 Å². The number of rotatable bonds is 10. The van der Waals surface area contributed by atoms with Gasteiger partial charge in [-0.3, -0.25) is 14.9 Å². The maximum atomic E-state index is 14.9. The van der Waals surface area contributed by atoms with E-state index >= 15 is 0 Å². The molecule has 2 aromatic carbocycles. The summed E-state index contributed by atoms with van der Waals surface area (Å²) >= 11 is 1.74. The highest BCUT2D eigenvalue weighted by molar-refractivity contribution is 7.99. The van der Waals surface area contributed by atoms with Crippen molar-refractivity contribution in [3.05, 3.63) is 68.3 Å². The van der Waals surface area contributed by atoms with Crippen LogP contribution >= 0.6 is 11.8 Å². The number of nitro benzene ring substituents is 1. The number of hydrogen-bond donors (Lipinski definition) is 1. The summed E-state index contributed by atoms with van der Waals surface area (Å²) in [7, 11) is 0. The van der Waals surface area contributed by atoms with Crippen molar-refractivity contribution < 1.29 is 23.2 Å². The number of non-ortho nitro benzene ring substituents is 1. The van der Waals surface area contributed by atoms with Crippen LogP contribution in [0.3, 0.4) is 0 Å². The Morgan fingerprint density at radius 1 is 1.00 bits per heavy atom. The van der Waals surface area contributed by atoms with Crippen LogP contribution in [0.2, 0.25) is 0 Å². The first-order valence-electron chi connectivity index (χ1n) is 15.8. The number of fused-ring (bicyclic) bond motifs is 1. The molecule has 6 rings (SSSR count). The van der Waals surface area contributed by atoms with Crippen LogP contribution in [-0.4, -0.2) is 77.6 Å². The van der Waals surface area contributed by atoms with E-state index in [-0.39, 0.29) is 11.1 Å². The summed E-state index contributed by atoms with van der Waals surface area (Å²) in [5.41, 5.74) is 0.0401. The fourth-order valence-electron chi connectivity index (χ4n) is 6.58. The van der Waals surface area contributed by atoms with Crippen LogP contribution in [0.4, 0.5) is 20.2 Å². The Hall–Kier alpha value is -3.29. The van der Waals surface area contributed by atoms with Crippen molar-refractivity contribution in [2.24, 2.45) is 11.8 Å². The van der Waals surface area contributed by atoms with E-state index in [1.807, 2.05) is 4.90 Å². The van der Waals surface area contributed by atoms with Gasteiger partial charge in [0.25, 0.3) is 11.2 Å². The smallest absolute Gasteiger partial charge is 0.272 e. The maximum absolute atomic E-state index is 14.9. The van der Waals surface area contributed by atoms with E-state index < -0.39 is 22.1 Å². The van der Waals surface area contributed by atoms with Gasteiger partial charge in [-0.15, -0.1) is 0 Å². The maximum Gasteiger partial charge on any atom is 0.272 e. The highest BCUT2D eigenvalue weighted by Crippen LogP contribution is 2.30. The quantitative estimate of drug-likeness (QED) is 0.225. The second-order valence-corrected chi connectivity index (χ2v) is 13.6. The van der Waals surface area contributed by atoms with Crippen molar-refractivity contribution in [3.63, 3.8) is 0 Å². The van der Waals surface area contributed by atoms with Crippen molar-refractivity contribution >= 4 is 34.0 Å². The van der Waals surface area contributed by atoms with Gasteiger partial charge in [0.05, 0.1) is 34.6 Å². The lowest BCUT2D eigenvalue weighted by molar-refractivity contribution is -0.385. The Balaban J connectivity index is 0.958. The zero-order chi connectivity index (χ0) is 31.3. The third-order valence-electron chi connectivity index (χ3n) is 9.21. The molecule has 0 amide bonds. The van der Waals surface area contributed by atoms with Gasteiger partial charge in [0, 0.05) is 56.3 Å². The van der Waals surface area contributed by atoms with E-state index in [2.05, 4.69) is 14.9 Å². The molecule has 3 saturated heterocycles. The van der Waals surface area contributed by atoms with Gasteiger partial charge in [-0.2, -0.15) is 11.8 Å². The molecular formula is C32H39F2N5O5S. The molecule has 0 spiro atoms. The van der Waals surface area contributed by atoms with Crippen molar-refractivity contribution in [1.29, 1.82) is 0 Å². The van der Waals surface area contributed by atoms with Crippen molar-refractivity contribution in [2.75, 3.05) is 57.4 Å². The second kappa shape index (κ2) is 14.4. The number of nitro groups is 1. The van der Waals surface area contributed by atoms with Crippen LogP contribution in [0.15, 0.2) is 35.1 Å². The van der Waals surface area contributed by atoms with E-state index in [4.69, 9.17) is 9.47 Å². The molecule has 3 aliphatic rings. The van der Waals surface area contributed by atoms with Gasteiger partial charge in [-0.1, -0.05) is 0 Å². The van der Waals surface area contributed by atoms with Crippen molar-refractivity contribution in [2.45, 2.75) is 49.5 Å². The van der Waals surface area contributed by atoms with E-state index in [1.54, 1.807) is 17.8 Å². The van der Waals surface area contributed by atoms with Crippen LogP contribution in [-0.2, 0) is 10.5 Å². The number of thioether (sulfide) groups is 1. The van der Waals surface area contributed by atoms with Crippen LogP contribution < -0.4 is 15.2 Å². The molecule has 0 aliphatic carbocycles. The summed E-state index contributed by atoms with van der Waals surface area (Å²) in [6.45, 7) is 6.35. The number of likely N-dealkylation sites (tertiary alicyclic amines) is 1. The highest BCUT2D eigenvalue weighted by Gasteiger charge is 2.27. The molecule has 242 valence electrons. The van der Waals surface area contributed by atoms with E-state index in [0.29, 0.717) is 52.2 Å². The molecule has 1 N–H and O–H groups in total. The average molecular weight is 644 g/mol. The SMILES string of the molecule is O=c1[nH]c(CSC2CCOCC2)nc2cc(OCC3CCN(CC4CCN(c5ccc([N+](=O)[O-])cc5F)CC4)CC3)cc(F)c12. The lowest BCUT2D eigenvalue weighted by atomic mass is 9.93. The molecule has 45 heavy (non-hydrogen) atoms. The fourth-order valence-corrected chi connectivity index (χ4v) is 7.63. The Bertz CT molecular complexity index is 1550. The number of anilines is 1. The lowest BCUT2D eigenvalue weighted by Gasteiger charge is -2.38. The van der Waals surface area contributed by atoms with Gasteiger partial charge >= 0.3 is 0 Å². The van der Waals surface area contributed by atoms with Gasteiger partial charge in [0.1, 0.15) is 22.8 Å². The third-order valence-corrected chi connectivity index (χ3v) is 10.6. The van der Waals surface area contributed by atoms with Crippen LogP contribution in [0.1, 0.15) is 44.3 Å². The molecule has 1 aromatic heterocycles. The molecular weight excluding hydrogens is 604 g/mol. The minimum absolute atomic E-state index is 0.0424. The number of nitrogens with one attached hydrogen (secondary N) is 1. The monoisotopic (exact) mass is 643 g/mol.